The maximum Gasteiger partial charge on any atom is 0.418 e. The minimum Gasteiger partial charge on any atom is -0.495 e. The number of hydrogen-bond donors (Lipinski definition) is 1. The predicted octanol–water partition coefficient (Wildman–Crippen LogP) is 5.03. The zero-order valence-electron chi connectivity index (χ0n) is 17.6. The molecule has 2 aromatic heterocycles. The molecule has 0 radical (unpaired) electrons. The first kappa shape index (κ1) is 22.2. The number of benzene rings is 2. The Kier molecular flexibility index (Phi) is 5.52. The number of aromatic nitrogens is 5. The van der Waals surface area contributed by atoms with Crippen LogP contribution in [0.2, 0.25) is 0 Å². The van der Waals surface area contributed by atoms with Crippen molar-refractivity contribution in [2.45, 2.75) is 13.1 Å². The van der Waals surface area contributed by atoms with Crippen molar-refractivity contribution in [2.24, 2.45) is 7.05 Å². The number of halogens is 5. The number of aryl methyl sites for hydroxylation is 2. The summed E-state index contributed by atoms with van der Waals surface area (Å²) in [6.07, 6.45) is -1.46. The number of ether oxygens (including phenoxy) is 1. The van der Waals surface area contributed by atoms with Crippen molar-refractivity contribution < 1.29 is 26.7 Å². The topological polar surface area (TPSA) is 69.8 Å². The van der Waals surface area contributed by atoms with E-state index in [1.807, 2.05) is 13.1 Å². The fourth-order valence-corrected chi connectivity index (χ4v) is 3.20. The molecular weight excluding hydrogens is 447 g/mol. The molecule has 0 aliphatic carbocycles. The summed E-state index contributed by atoms with van der Waals surface area (Å²) < 4.78 is 75.4. The normalized spacial score (nSPS) is 11.6. The van der Waals surface area contributed by atoms with Gasteiger partial charge in [-0.25, -0.2) is 18.4 Å². The number of alkyl halides is 3. The maximum absolute atomic E-state index is 13.6. The third-order valence-corrected chi connectivity index (χ3v) is 4.80. The molecule has 172 valence electrons. The fraction of sp³-hybridized carbons (Fsp3) is 0.190. The molecule has 4 aromatic rings. The van der Waals surface area contributed by atoms with Crippen molar-refractivity contribution in [3.63, 3.8) is 0 Å². The average molecular weight is 464 g/mol. The van der Waals surface area contributed by atoms with Crippen LogP contribution in [0.4, 0.5) is 33.6 Å². The van der Waals surface area contributed by atoms with E-state index in [-0.39, 0.29) is 17.8 Å². The number of methoxy groups -OCH3 is 1. The Balaban J connectivity index is 1.70. The number of nitrogens with one attached hydrogen (secondary N) is 1. The molecule has 1 N–H and O–H groups in total. The van der Waals surface area contributed by atoms with Crippen LogP contribution in [0, 0.1) is 18.6 Å². The van der Waals surface area contributed by atoms with Gasteiger partial charge in [-0.1, -0.05) is 0 Å². The van der Waals surface area contributed by atoms with Crippen LogP contribution in [-0.4, -0.2) is 31.4 Å². The quantitative estimate of drug-likeness (QED) is 0.420. The first-order valence-electron chi connectivity index (χ1n) is 9.50. The highest BCUT2D eigenvalue weighted by atomic mass is 19.4. The summed E-state index contributed by atoms with van der Waals surface area (Å²) in [4.78, 5) is 8.40. The molecule has 2 aromatic carbocycles. The van der Waals surface area contributed by atoms with Gasteiger partial charge in [0.2, 0.25) is 5.95 Å². The zero-order chi connectivity index (χ0) is 23.9. The SMILES string of the molecule is COc1cc(-c2nc(Nc3cc(F)c(F)cc3C(F)(F)F)n(C)n2)ccc1-n1cnc(C)c1. The van der Waals surface area contributed by atoms with E-state index in [1.165, 1.54) is 18.8 Å². The summed E-state index contributed by atoms with van der Waals surface area (Å²) in [5, 5.41) is 6.60. The number of nitrogens with zero attached hydrogens (tertiary/aromatic N) is 5. The van der Waals surface area contributed by atoms with Crippen molar-refractivity contribution >= 4 is 11.6 Å². The highest BCUT2D eigenvalue weighted by molar-refractivity contribution is 5.66. The van der Waals surface area contributed by atoms with Gasteiger partial charge in [-0.15, -0.1) is 5.10 Å². The average Bonchev–Trinajstić information content (AvgIpc) is 3.35. The van der Waals surface area contributed by atoms with Crippen LogP contribution in [0.1, 0.15) is 11.3 Å². The van der Waals surface area contributed by atoms with E-state index >= 15 is 0 Å². The first-order chi connectivity index (χ1) is 15.6. The summed E-state index contributed by atoms with van der Waals surface area (Å²) in [6, 6.07) is 5.66. The minimum atomic E-state index is -4.91. The van der Waals surface area contributed by atoms with E-state index < -0.39 is 29.1 Å². The van der Waals surface area contributed by atoms with Gasteiger partial charge >= 0.3 is 6.18 Å². The Morgan fingerprint density at radius 3 is 2.42 bits per heavy atom. The molecule has 0 saturated carbocycles. The molecule has 0 saturated heterocycles. The fourth-order valence-electron chi connectivity index (χ4n) is 3.20. The van der Waals surface area contributed by atoms with Crippen LogP contribution in [0.15, 0.2) is 42.9 Å². The number of rotatable bonds is 5. The lowest BCUT2D eigenvalue weighted by molar-refractivity contribution is -0.137. The second-order valence-electron chi connectivity index (χ2n) is 7.13. The number of anilines is 2. The van der Waals surface area contributed by atoms with Gasteiger partial charge < -0.3 is 14.6 Å². The van der Waals surface area contributed by atoms with Gasteiger partial charge in [-0.05, 0) is 31.2 Å². The molecule has 0 aliphatic heterocycles. The largest absolute Gasteiger partial charge is 0.495 e. The van der Waals surface area contributed by atoms with Gasteiger partial charge in [0.05, 0.1) is 36.1 Å². The first-order valence-corrected chi connectivity index (χ1v) is 9.50. The van der Waals surface area contributed by atoms with Gasteiger partial charge in [-0.3, -0.25) is 0 Å². The molecule has 0 fully saturated rings. The van der Waals surface area contributed by atoms with Crippen molar-refractivity contribution in [3.05, 3.63) is 65.7 Å². The Morgan fingerprint density at radius 1 is 1.06 bits per heavy atom. The summed E-state index contributed by atoms with van der Waals surface area (Å²) in [6.45, 7) is 1.85. The van der Waals surface area contributed by atoms with Gasteiger partial charge in [0.25, 0.3) is 0 Å². The minimum absolute atomic E-state index is 0.0936. The third-order valence-electron chi connectivity index (χ3n) is 4.80. The summed E-state index contributed by atoms with van der Waals surface area (Å²) >= 11 is 0. The van der Waals surface area contributed by atoms with Crippen molar-refractivity contribution in [3.8, 4) is 22.8 Å². The molecule has 0 aliphatic rings. The van der Waals surface area contributed by atoms with E-state index in [0.717, 1.165) is 5.69 Å². The van der Waals surface area contributed by atoms with Crippen LogP contribution >= 0.6 is 0 Å². The standard InChI is InChI=1S/C21H17F5N6O/c1-11-9-32(10-27-11)17-5-4-12(6-18(17)33-3)19-29-20(31(2)30-19)28-16-8-15(23)14(22)7-13(16)21(24,25)26/h4-10H,1-3H3,(H,28,29,30). The van der Waals surface area contributed by atoms with E-state index in [1.54, 1.807) is 29.1 Å². The van der Waals surface area contributed by atoms with Crippen LogP contribution < -0.4 is 10.1 Å². The van der Waals surface area contributed by atoms with Crippen molar-refractivity contribution in [1.82, 2.24) is 24.3 Å². The summed E-state index contributed by atoms with van der Waals surface area (Å²) in [7, 11) is 2.94. The lowest BCUT2D eigenvalue weighted by atomic mass is 10.1. The van der Waals surface area contributed by atoms with Crippen molar-refractivity contribution in [2.75, 3.05) is 12.4 Å². The Labute approximate surface area is 184 Å². The molecule has 4 rings (SSSR count). The summed E-state index contributed by atoms with van der Waals surface area (Å²) in [5.74, 6) is -2.46. The molecule has 33 heavy (non-hydrogen) atoms. The molecule has 0 amide bonds. The summed E-state index contributed by atoms with van der Waals surface area (Å²) in [5.41, 5.74) is 0.00306. The monoisotopic (exact) mass is 464 g/mol. The van der Waals surface area contributed by atoms with Crippen LogP contribution in [0.5, 0.6) is 5.75 Å². The van der Waals surface area contributed by atoms with Gasteiger partial charge in [-0.2, -0.15) is 18.2 Å². The molecule has 0 bridgehead atoms. The van der Waals surface area contributed by atoms with Gasteiger partial charge in [0.1, 0.15) is 5.75 Å². The number of imidazole rings is 1. The molecule has 12 heteroatoms. The highest BCUT2D eigenvalue weighted by Crippen LogP contribution is 2.37. The molecule has 0 unspecified atom stereocenters. The van der Waals surface area contributed by atoms with E-state index in [0.29, 0.717) is 23.1 Å². The second-order valence-corrected chi connectivity index (χ2v) is 7.13. The number of hydrogen-bond acceptors (Lipinski definition) is 5. The molecule has 0 spiro atoms. The molecular formula is C21H17F5N6O. The molecule has 7 nitrogen and oxygen atoms in total. The highest BCUT2D eigenvalue weighted by Gasteiger charge is 2.35. The van der Waals surface area contributed by atoms with Crippen LogP contribution in [0.3, 0.4) is 0 Å². The van der Waals surface area contributed by atoms with Crippen LogP contribution in [-0.2, 0) is 13.2 Å². The van der Waals surface area contributed by atoms with Crippen molar-refractivity contribution in [1.29, 1.82) is 0 Å². The Morgan fingerprint density at radius 2 is 1.79 bits per heavy atom. The lowest BCUT2D eigenvalue weighted by Gasteiger charge is -2.14. The molecule has 2 heterocycles. The zero-order valence-corrected chi connectivity index (χ0v) is 17.6. The van der Waals surface area contributed by atoms with E-state index in [4.69, 9.17) is 4.74 Å². The Bertz CT molecular complexity index is 1330. The lowest BCUT2D eigenvalue weighted by Crippen LogP contribution is -2.12. The maximum atomic E-state index is 13.6. The third kappa shape index (κ3) is 4.36. The smallest absolute Gasteiger partial charge is 0.418 e. The van der Waals surface area contributed by atoms with Crippen LogP contribution in [0.25, 0.3) is 17.1 Å². The van der Waals surface area contributed by atoms with Gasteiger partial charge in [0.15, 0.2) is 17.5 Å². The van der Waals surface area contributed by atoms with E-state index in [9.17, 15) is 22.0 Å². The van der Waals surface area contributed by atoms with E-state index in [2.05, 4.69) is 20.4 Å². The Hall–Kier alpha value is -3.96. The van der Waals surface area contributed by atoms with Gasteiger partial charge in [0, 0.05) is 24.9 Å². The molecule has 0 atom stereocenters. The predicted molar refractivity (Wildman–Crippen MR) is 109 cm³/mol. The second kappa shape index (κ2) is 8.19.